The summed E-state index contributed by atoms with van der Waals surface area (Å²) in [5.74, 6) is -0.341. The topological polar surface area (TPSA) is 66.5 Å². The average Bonchev–Trinajstić information content (AvgIpc) is 2.63. The Morgan fingerprint density at radius 1 is 1.22 bits per heavy atom. The smallest absolute Gasteiger partial charge is 0.261 e. The maximum atomic E-state index is 13.0. The molecular weight excluding hydrogens is 391 g/mol. The van der Waals surface area contributed by atoms with Gasteiger partial charge < -0.3 is 4.90 Å². The van der Waals surface area contributed by atoms with Crippen LogP contribution in [0.25, 0.3) is 0 Å². The highest BCUT2D eigenvalue weighted by atomic mass is 35.5. The lowest BCUT2D eigenvalue weighted by atomic mass is 9.99. The van der Waals surface area contributed by atoms with Gasteiger partial charge in [-0.25, -0.2) is 12.8 Å². The van der Waals surface area contributed by atoms with Gasteiger partial charge in [0.05, 0.1) is 15.5 Å². The first-order valence-electron chi connectivity index (χ1n) is 8.63. The number of carbonyl (C=O) groups excluding carboxylic acids is 1. The van der Waals surface area contributed by atoms with E-state index in [4.69, 9.17) is 11.6 Å². The van der Waals surface area contributed by atoms with E-state index < -0.39 is 15.8 Å². The second-order valence-electron chi connectivity index (χ2n) is 6.75. The summed E-state index contributed by atoms with van der Waals surface area (Å²) in [6.07, 6.45) is 1.97. The average molecular weight is 411 g/mol. The molecule has 5 nitrogen and oxygen atoms in total. The third kappa shape index (κ3) is 4.59. The number of benzene rings is 2. The molecular formula is C19H20ClFN2O3S. The summed E-state index contributed by atoms with van der Waals surface area (Å²) in [6.45, 7) is 3.33. The second-order valence-corrected chi connectivity index (χ2v) is 8.84. The molecule has 1 unspecified atom stereocenters. The summed E-state index contributed by atoms with van der Waals surface area (Å²) in [4.78, 5) is 14.5. The van der Waals surface area contributed by atoms with Gasteiger partial charge in [-0.3, -0.25) is 9.52 Å². The van der Waals surface area contributed by atoms with Crippen LogP contribution in [0.2, 0.25) is 5.02 Å². The zero-order chi connectivity index (χ0) is 19.6. The first-order valence-corrected chi connectivity index (χ1v) is 10.5. The van der Waals surface area contributed by atoms with Gasteiger partial charge in [0.2, 0.25) is 0 Å². The molecule has 1 N–H and O–H groups in total. The Balaban J connectivity index is 1.87. The minimum atomic E-state index is -3.94. The number of nitrogens with one attached hydrogen (secondary N) is 1. The number of piperidine rings is 1. The number of sulfonamides is 1. The molecule has 1 saturated heterocycles. The predicted molar refractivity (Wildman–Crippen MR) is 103 cm³/mol. The number of likely N-dealkylation sites (tertiary alicyclic amines) is 1. The molecule has 0 bridgehead atoms. The Morgan fingerprint density at radius 3 is 2.59 bits per heavy atom. The highest BCUT2D eigenvalue weighted by Gasteiger charge is 2.25. The molecule has 2 aromatic carbocycles. The quantitative estimate of drug-likeness (QED) is 0.823. The van der Waals surface area contributed by atoms with Gasteiger partial charge in [0, 0.05) is 18.8 Å². The number of carbonyl (C=O) groups is 1. The van der Waals surface area contributed by atoms with Crippen LogP contribution in [0, 0.1) is 11.7 Å². The molecule has 3 rings (SSSR count). The summed E-state index contributed by atoms with van der Waals surface area (Å²) in [6, 6.07) is 8.99. The zero-order valence-electron chi connectivity index (χ0n) is 14.8. The lowest BCUT2D eigenvalue weighted by molar-refractivity contribution is 0.0683. The highest BCUT2D eigenvalue weighted by molar-refractivity contribution is 7.92. The fourth-order valence-electron chi connectivity index (χ4n) is 3.11. The minimum Gasteiger partial charge on any atom is -0.338 e. The van der Waals surface area contributed by atoms with Crippen molar-refractivity contribution in [3.63, 3.8) is 0 Å². The fraction of sp³-hybridized carbons (Fsp3) is 0.316. The minimum absolute atomic E-state index is 0.0790. The van der Waals surface area contributed by atoms with Gasteiger partial charge in [-0.05, 0) is 61.2 Å². The van der Waals surface area contributed by atoms with E-state index in [2.05, 4.69) is 11.6 Å². The van der Waals surface area contributed by atoms with Gasteiger partial charge in [-0.2, -0.15) is 0 Å². The number of amides is 1. The molecule has 0 radical (unpaired) electrons. The van der Waals surface area contributed by atoms with Crippen LogP contribution in [0.1, 0.15) is 30.1 Å². The highest BCUT2D eigenvalue weighted by Crippen LogP contribution is 2.26. The van der Waals surface area contributed by atoms with Crippen LogP contribution < -0.4 is 4.72 Å². The van der Waals surface area contributed by atoms with Gasteiger partial charge in [0.25, 0.3) is 15.9 Å². The fourth-order valence-corrected chi connectivity index (χ4v) is 4.39. The summed E-state index contributed by atoms with van der Waals surface area (Å²) in [7, 11) is -3.94. The van der Waals surface area contributed by atoms with Crippen LogP contribution in [0.15, 0.2) is 47.4 Å². The molecule has 1 atom stereocenters. The van der Waals surface area contributed by atoms with Crippen molar-refractivity contribution in [3.8, 4) is 0 Å². The Bertz CT molecular complexity index is 948. The van der Waals surface area contributed by atoms with Gasteiger partial charge >= 0.3 is 0 Å². The van der Waals surface area contributed by atoms with E-state index in [0.29, 0.717) is 19.0 Å². The van der Waals surface area contributed by atoms with E-state index >= 15 is 0 Å². The van der Waals surface area contributed by atoms with Crippen molar-refractivity contribution in [1.29, 1.82) is 0 Å². The number of hydrogen-bond donors (Lipinski definition) is 1. The van der Waals surface area contributed by atoms with Crippen LogP contribution in [-0.2, 0) is 10.0 Å². The van der Waals surface area contributed by atoms with E-state index in [1.54, 1.807) is 4.90 Å². The van der Waals surface area contributed by atoms with Gasteiger partial charge in [0.1, 0.15) is 5.82 Å². The molecule has 0 aliphatic carbocycles. The maximum Gasteiger partial charge on any atom is 0.261 e. The van der Waals surface area contributed by atoms with E-state index in [1.165, 1.54) is 30.3 Å². The second kappa shape index (κ2) is 7.86. The number of nitrogens with zero attached hydrogens (tertiary/aromatic N) is 1. The van der Waals surface area contributed by atoms with E-state index in [9.17, 15) is 17.6 Å². The van der Waals surface area contributed by atoms with Crippen molar-refractivity contribution in [3.05, 3.63) is 58.9 Å². The third-order valence-electron chi connectivity index (χ3n) is 4.52. The number of halogens is 2. The van der Waals surface area contributed by atoms with Crippen molar-refractivity contribution in [2.24, 2.45) is 5.92 Å². The van der Waals surface area contributed by atoms with E-state index in [0.717, 1.165) is 25.0 Å². The van der Waals surface area contributed by atoms with E-state index in [1.807, 2.05) is 0 Å². The van der Waals surface area contributed by atoms with Crippen molar-refractivity contribution in [1.82, 2.24) is 4.90 Å². The van der Waals surface area contributed by atoms with Crippen LogP contribution >= 0.6 is 11.6 Å². The molecule has 1 aliphatic heterocycles. The zero-order valence-corrected chi connectivity index (χ0v) is 16.4. The molecule has 0 spiro atoms. The molecule has 1 amide bonds. The van der Waals surface area contributed by atoms with Crippen molar-refractivity contribution in [2.75, 3.05) is 17.8 Å². The van der Waals surface area contributed by atoms with Crippen LogP contribution in [0.3, 0.4) is 0 Å². The monoisotopic (exact) mass is 410 g/mol. The normalized spacial score (nSPS) is 17.6. The van der Waals surface area contributed by atoms with Crippen molar-refractivity contribution < 1.29 is 17.6 Å². The van der Waals surface area contributed by atoms with Gasteiger partial charge in [0.15, 0.2) is 0 Å². The van der Waals surface area contributed by atoms with Crippen LogP contribution in [-0.4, -0.2) is 32.3 Å². The number of anilines is 1. The SMILES string of the molecule is CC1CCCN(C(=O)c2cc(S(=O)(=O)Nc3ccc(F)cc3)ccc2Cl)C1. The summed E-state index contributed by atoms with van der Waals surface area (Å²) in [5.41, 5.74) is 0.386. The molecule has 1 fully saturated rings. The lowest BCUT2D eigenvalue weighted by Crippen LogP contribution is -2.39. The molecule has 1 aliphatic rings. The Kier molecular flexibility index (Phi) is 5.72. The summed E-state index contributed by atoms with van der Waals surface area (Å²) < 4.78 is 40.6. The molecule has 27 heavy (non-hydrogen) atoms. The summed E-state index contributed by atoms with van der Waals surface area (Å²) in [5, 5.41) is 0.207. The third-order valence-corrected chi connectivity index (χ3v) is 6.23. The molecule has 144 valence electrons. The lowest BCUT2D eigenvalue weighted by Gasteiger charge is -2.31. The summed E-state index contributed by atoms with van der Waals surface area (Å²) >= 11 is 6.17. The molecule has 0 saturated carbocycles. The predicted octanol–water partition coefficient (Wildman–Crippen LogP) is 4.15. The van der Waals surface area contributed by atoms with Crippen molar-refractivity contribution >= 4 is 33.2 Å². The Labute approximate surface area is 163 Å². The first kappa shape index (κ1) is 19.6. The Hall–Kier alpha value is -2.12. The molecule has 1 heterocycles. The number of hydrogen-bond acceptors (Lipinski definition) is 3. The van der Waals surface area contributed by atoms with Gasteiger partial charge in [-0.15, -0.1) is 0 Å². The Morgan fingerprint density at radius 2 is 1.93 bits per heavy atom. The largest absolute Gasteiger partial charge is 0.338 e. The van der Waals surface area contributed by atoms with E-state index in [-0.39, 0.29) is 27.1 Å². The molecule has 2 aromatic rings. The van der Waals surface area contributed by atoms with Gasteiger partial charge in [-0.1, -0.05) is 18.5 Å². The molecule has 0 aromatic heterocycles. The number of rotatable bonds is 4. The maximum absolute atomic E-state index is 13.0. The standard InChI is InChI=1S/C19H20ClFN2O3S/c1-13-3-2-10-23(12-13)19(24)17-11-16(8-9-18(17)20)27(25,26)22-15-6-4-14(21)5-7-15/h4-9,11,13,22H,2-3,10,12H2,1H3. The van der Waals surface area contributed by atoms with Crippen LogP contribution in [0.5, 0.6) is 0 Å². The first-order chi connectivity index (χ1) is 12.8. The van der Waals surface area contributed by atoms with Crippen molar-refractivity contribution in [2.45, 2.75) is 24.7 Å². The molecule has 8 heteroatoms. The van der Waals surface area contributed by atoms with Crippen LogP contribution in [0.4, 0.5) is 10.1 Å².